The van der Waals surface area contributed by atoms with Crippen LogP contribution in [0.25, 0.3) is 0 Å². The average Bonchev–Trinajstić information content (AvgIpc) is 2.28. The molecule has 0 aliphatic heterocycles. The normalized spacial score (nSPS) is 26.8. The minimum atomic E-state index is -2.19. The van der Waals surface area contributed by atoms with E-state index in [-0.39, 0.29) is 0 Å². The van der Waals surface area contributed by atoms with Crippen molar-refractivity contribution in [2.75, 3.05) is 0 Å². The summed E-state index contributed by atoms with van der Waals surface area (Å²) in [7, 11) is 0. The Morgan fingerprint density at radius 3 is 1.14 bits per heavy atom. The highest BCUT2D eigenvalue weighted by molar-refractivity contribution is 6.76. The summed E-state index contributed by atoms with van der Waals surface area (Å²) in [5.41, 5.74) is -1.50. The molecule has 10 heteroatoms. The molecule has 0 unspecified atom stereocenters. The maximum absolute atomic E-state index is 11.7. The van der Waals surface area contributed by atoms with E-state index < -0.39 is 42.6 Å². The Hall–Kier alpha value is 0.680. The van der Waals surface area contributed by atoms with Crippen molar-refractivity contribution >= 4 is 81.5 Å². The average molecular weight is 435 g/mol. The second-order valence-electron chi connectivity index (χ2n) is 6.21. The predicted molar refractivity (Wildman–Crippen MR) is 87.9 cm³/mol. The lowest BCUT2D eigenvalue weighted by Crippen LogP contribution is -2.70. The molecule has 0 heterocycles. The minimum absolute atomic E-state index is 0.656. The molecular formula is C12H14Cl6O4. The highest BCUT2D eigenvalue weighted by atomic mass is 35.6. The molecule has 4 nitrogen and oxygen atoms in total. The summed E-state index contributed by atoms with van der Waals surface area (Å²) in [6, 6.07) is 0. The van der Waals surface area contributed by atoms with Crippen LogP contribution in [0.4, 0.5) is 0 Å². The van der Waals surface area contributed by atoms with E-state index in [1.54, 1.807) is 27.7 Å². The van der Waals surface area contributed by atoms with Gasteiger partial charge in [-0.05, 0) is 0 Å². The van der Waals surface area contributed by atoms with E-state index in [0.717, 1.165) is 0 Å². The van der Waals surface area contributed by atoms with Crippen molar-refractivity contribution in [2.45, 2.75) is 47.5 Å². The number of rotatable bonds is 2. The molecule has 0 saturated heterocycles. The quantitative estimate of drug-likeness (QED) is 0.470. The van der Waals surface area contributed by atoms with Gasteiger partial charge in [0.25, 0.3) is 7.59 Å². The molecule has 0 amide bonds. The molecule has 0 N–H and O–H groups in total. The second kappa shape index (κ2) is 6.20. The molecule has 0 spiro atoms. The van der Waals surface area contributed by atoms with E-state index in [0.29, 0.717) is 0 Å². The zero-order valence-corrected chi connectivity index (χ0v) is 16.6. The third-order valence-corrected chi connectivity index (χ3v) is 4.54. The van der Waals surface area contributed by atoms with Gasteiger partial charge in [-0.25, -0.2) is 9.59 Å². The van der Waals surface area contributed by atoms with E-state index in [1.165, 1.54) is 0 Å². The van der Waals surface area contributed by atoms with E-state index in [1.807, 2.05) is 0 Å². The fraction of sp³-hybridized carbons (Fsp3) is 0.833. The van der Waals surface area contributed by atoms with Crippen LogP contribution in [0.2, 0.25) is 0 Å². The van der Waals surface area contributed by atoms with Crippen LogP contribution in [-0.4, -0.2) is 31.7 Å². The Labute approximate surface area is 158 Å². The van der Waals surface area contributed by atoms with Crippen molar-refractivity contribution in [3.05, 3.63) is 0 Å². The van der Waals surface area contributed by atoms with Crippen molar-refractivity contribution in [1.82, 2.24) is 0 Å². The maximum atomic E-state index is 11.7. The van der Waals surface area contributed by atoms with E-state index in [4.69, 9.17) is 79.1 Å². The van der Waals surface area contributed by atoms with Gasteiger partial charge >= 0.3 is 11.9 Å². The summed E-state index contributed by atoms with van der Waals surface area (Å²) in [5, 5.41) is 0. The maximum Gasteiger partial charge on any atom is 0.358 e. The first-order valence-electron chi connectivity index (χ1n) is 6.08. The molecule has 22 heavy (non-hydrogen) atoms. The first-order valence-corrected chi connectivity index (χ1v) is 8.34. The van der Waals surface area contributed by atoms with Crippen molar-refractivity contribution in [1.29, 1.82) is 0 Å². The summed E-state index contributed by atoms with van der Waals surface area (Å²) in [4.78, 5) is 23.5. The fourth-order valence-electron chi connectivity index (χ4n) is 3.05. The van der Waals surface area contributed by atoms with Crippen molar-refractivity contribution in [2.24, 2.45) is 10.8 Å². The number of hydrogen-bond donors (Lipinski definition) is 0. The lowest BCUT2D eigenvalue weighted by Gasteiger charge is -2.61. The van der Waals surface area contributed by atoms with Gasteiger partial charge in [-0.1, -0.05) is 97.3 Å². The molecule has 0 atom stereocenters. The molecule has 1 fully saturated rings. The lowest BCUT2D eigenvalue weighted by atomic mass is 9.51. The van der Waals surface area contributed by atoms with Crippen molar-refractivity contribution < 1.29 is 19.1 Å². The smallest absolute Gasteiger partial charge is 0.358 e. The largest absolute Gasteiger partial charge is 0.458 e. The van der Waals surface area contributed by atoms with Gasteiger partial charge < -0.3 is 9.47 Å². The van der Waals surface area contributed by atoms with Crippen LogP contribution in [-0.2, 0) is 19.1 Å². The fourth-order valence-corrected chi connectivity index (χ4v) is 3.32. The molecule has 0 bridgehead atoms. The van der Waals surface area contributed by atoms with E-state index in [9.17, 15) is 9.59 Å². The van der Waals surface area contributed by atoms with Crippen LogP contribution in [0, 0.1) is 10.8 Å². The van der Waals surface area contributed by atoms with Crippen LogP contribution in [0.1, 0.15) is 27.7 Å². The molecule has 0 aromatic heterocycles. The number of carbonyl (C=O) groups excluding carboxylic acids is 2. The lowest BCUT2D eigenvalue weighted by molar-refractivity contribution is -0.267. The Morgan fingerprint density at radius 2 is 0.955 bits per heavy atom. The van der Waals surface area contributed by atoms with Gasteiger partial charge in [0, 0.05) is 10.8 Å². The Morgan fingerprint density at radius 1 is 0.727 bits per heavy atom. The number of hydrogen-bond acceptors (Lipinski definition) is 4. The van der Waals surface area contributed by atoms with Crippen molar-refractivity contribution in [3.63, 3.8) is 0 Å². The minimum Gasteiger partial charge on any atom is -0.458 e. The molecule has 1 aliphatic carbocycles. The first-order chi connectivity index (χ1) is 9.52. The van der Waals surface area contributed by atoms with Gasteiger partial charge in [-0.15, -0.1) is 0 Å². The number of carbonyl (C=O) groups is 2. The Kier molecular flexibility index (Phi) is 5.84. The number of esters is 2. The first kappa shape index (κ1) is 20.7. The van der Waals surface area contributed by atoms with Crippen molar-refractivity contribution in [3.8, 4) is 0 Å². The van der Waals surface area contributed by atoms with E-state index >= 15 is 0 Å². The predicted octanol–water partition coefficient (Wildman–Crippen LogP) is 4.62. The summed E-state index contributed by atoms with van der Waals surface area (Å²) < 4.78 is 6.13. The topological polar surface area (TPSA) is 52.6 Å². The molecule has 0 aromatic rings. The Balaban J connectivity index is 2.91. The molecule has 0 aromatic carbocycles. The molecular weight excluding hydrogens is 421 g/mol. The van der Waals surface area contributed by atoms with Crippen LogP contribution < -0.4 is 0 Å². The molecule has 1 saturated carbocycles. The Bertz CT molecular complexity index is 421. The summed E-state index contributed by atoms with van der Waals surface area (Å²) in [6.07, 6.45) is -1.31. The standard InChI is InChI=1S/C12H14Cl6O4/c1-9(2)5(21-7(19)11(13,14)15)10(3,4)6(9)22-8(20)12(16,17)18/h5-6H,1-4H3. The third kappa shape index (κ3) is 4.01. The van der Waals surface area contributed by atoms with Crippen LogP contribution in [0.5, 0.6) is 0 Å². The van der Waals surface area contributed by atoms with Gasteiger partial charge in [-0.3, -0.25) is 0 Å². The number of ether oxygens (including phenoxy) is 2. The molecule has 0 radical (unpaired) electrons. The zero-order chi connectivity index (χ0) is 17.7. The number of alkyl halides is 6. The highest BCUT2D eigenvalue weighted by Crippen LogP contribution is 2.58. The van der Waals surface area contributed by atoms with Crippen LogP contribution in [0.15, 0.2) is 0 Å². The summed E-state index contributed by atoms with van der Waals surface area (Å²) >= 11 is 33.0. The summed E-state index contributed by atoms with van der Waals surface area (Å²) in [5.74, 6) is -2.01. The van der Waals surface area contributed by atoms with Gasteiger partial charge in [0.2, 0.25) is 0 Å². The van der Waals surface area contributed by atoms with Gasteiger partial charge in [0.15, 0.2) is 0 Å². The monoisotopic (exact) mass is 432 g/mol. The molecule has 1 rings (SSSR count). The molecule has 1 aliphatic rings. The summed E-state index contributed by atoms with van der Waals surface area (Å²) in [6.45, 7) is 6.91. The second-order valence-corrected chi connectivity index (χ2v) is 10.8. The third-order valence-electron chi connectivity index (χ3n) is 3.62. The number of halogens is 6. The van der Waals surface area contributed by atoms with Crippen LogP contribution >= 0.6 is 69.6 Å². The SMILES string of the molecule is CC1(C)C(OC(=O)C(Cl)(Cl)Cl)C(C)(C)C1OC(=O)C(Cl)(Cl)Cl. The van der Waals surface area contributed by atoms with Crippen LogP contribution in [0.3, 0.4) is 0 Å². The van der Waals surface area contributed by atoms with E-state index in [2.05, 4.69) is 0 Å². The van der Waals surface area contributed by atoms with Gasteiger partial charge in [-0.2, -0.15) is 0 Å². The van der Waals surface area contributed by atoms with Gasteiger partial charge in [0.1, 0.15) is 12.2 Å². The molecule has 128 valence electrons. The van der Waals surface area contributed by atoms with Gasteiger partial charge in [0.05, 0.1) is 0 Å². The highest BCUT2D eigenvalue weighted by Gasteiger charge is 2.67. The zero-order valence-electron chi connectivity index (χ0n) is 12.1.